The molecule has 6 heteroatoms. The lowest BCUT2D eigenvalue weighted by atomic mass is 9.76. The molecule has 0 bridgehead atoms. The number of hydrogen-bond donors (Lipinski definition) is 1. The Labute approximate surface area is 190 Å². The molecule has 1 spiro atoms. The lowest BCUT2D eigenvalue weighted by molar-refractivity contribution is -0.137. The molecule has 170 valence electrons. The Morgan fingerprint density at radius 2 is 1.91 bits per heavy atom. The summed E-state index contributed by atoms with van der Waals surface area (Å²) in [7, 11) is 0. The fourth-order valence-corrected chi connectivity index (χ4v) is 4.83. The van der Waals surface area contributed by atoms with E-state index in [4.69, 9.17) is 4.74 Å². The summed E-state index contributed by atoms with van der Waals surface area (Å²) in [6, 6.07) is 11.7. The zero-order valence-corrected chi connectivity index (χ0v) is 19.3. The Balaban J connectivity index is 1.45. The Hall–Kier alpha value is -2.89. The van der Waals surface area contributed by atoms with Gasteiger partial charge in [0.25, 0.3) is 0 Å². The number of pyridine rings is 1. The van der Waals surface area contributed by atoms with E-state index in [2.05, 4.69) is 37.1 Å². The number of piperidine rings is 1. The predicted octanol–water partition coefficient (Wildman–Crippen LogP) is 4.77. The number of anilines is 1. The van der Waals surface area contributed by atoms with Gasteiger partial charge in [-0.25, -0.2) is 0 Å². The van der Waals surface area contributed by atoms with Crippen molar-refractivity contribution in [3.8, 4) is 5.75 Å². The van der Waals surface area contributed by atoms with Gasteiger partial charge in [-0.2, -0.15) is 0 Å². The van der Waals surface area contributed by atoms with Crippen LogP contribution in [0.1, 0.15) is 64.4 Å². The molecular weight excluding hydrogens is 402 g/mol. The van der Waals surface area contributed by atoms with Crippen molar-refractivity contribution in [2.75, 3.05) is 18.4 Å². The summed E-state index contributed by atoms with van der Waals surface area (Å²) in [6.45, 7) is 7.69. The van der Waals surface area contributed by atoms with Crippen LogP contribution in [0.25, 0.3) is 0 Å². The minimum absolute atomic E-state index is 0.0147. The van der Waals surface area contributed by atoms with Crippen LogP contribution < -0.4 is 10.1 Å². The van der Waals surface area contributed by atoms with Crippen molar-refractivity contribution < 1.29 is 14.3 Å². The Morgan fingerprint density at radius 1 is 1.16 bits per heavy atom. The summed E-state index contributed by atoms with van der Waals surface area (Å²) in [5.74, 6) is 1.14. The van der Waals surface area contributed by atoms with E-state index in [0.29, 0.717) is 31.6 Å². The minimum atomic E-state index is -0.327. The average molecular weight is 436 g/mol. The number of nitrogens with one attached hydrogen (secondary N) is 1. The van der Waals surface area contributed by atoms with E-state index in [1.165, 1.54) is 0 Å². The van der Waals surface area contributed by atoms with E-state index >= 15 is 0 Å². The molecule has 3 heterocycles. The molecule has 1 aromatic heterocycles. The maximum atomic E-state index is 12.8. The molecule has 2 amide bonds. The molecule has 1 fully saturated rings. The maximum Gasteiger partial charge on any atom is 0.225 e. The molecule has 0 saturated carbocycles. The third-order valence-corrected chi connectivity index (χ3v) is 6.39. The Kier molecular flexibility index (Phi) is 6.22. The van der Waals surface area contributed by atoms with Crippen LogP contribution in [0.2, 0.25) is 0 Å². The first kappa shape index (κ1) is 22.3. The van der Waals surface area contributed by atoms with Crippen molar-refractivity contribution in [1.29, 1.82) is 0 Å². The van der Waals surface area contributed by atoms with Crippen LogP contribution in [-0.4, -0.2) is 40.4 Å². The molecular formula is C26H33N3O3. The first-order valence-electron chi connectivity index (χ1n) is 11.5. The van der Waals surface area contributed by atoms with Gasteiger partial charge in [-0.15, -0.1) is 0 Å². The zero-order valence-electron chi connectivity index (χ0n) is 19.3. The van der Waals surface area contributed by atoms with Crippen LogP contribution in [0.3, 0.4) is 0 Å². The zero-order chi connectivity index (χ0) is 22.8. The van der Waals surface area contributed by atoms with Gasteiger partial charge in [-0.1, -0.05) is 39.0 Å². The molecule has 0 unspecified atom stereocenters. The minimum Gasteiger partial charge on any atom is -0.487 e. The van der Waals surface area contributed by atoms with E-state index in [1.54, 1.807) is 12.4 Å². The van der Waals surface area contributed by atoms with Gasteiger partial charge in [0, 0.05) is 50.9 Å². The number of carbonyl (C=O) groups excluding carboxylic acids is 2. The van der Waals surface area contributed by atoms with Crippen molar-refractivity contribution in [3.63, 3.8) is 0 Å². The number of likely N-dealkylation sites (tertiary alicyclic amines) is 1. The summed E-state index contributed by atoms with van der Waals surface area (Å²) in [5.41, 5.74) is 1.45. The number of hydrogen-bond acceptors (Lipinski definition) is 4. The van der Waals surface area contributed by atoms with Gasteiger partial charge < -0.3 is 15.0 Å². The largest absolute Gasteiger partial charge is 0.487 e. The van der Waals surface area contributed by atoms with E-state index in [9.17, 15) is 9.59 Å². The Morgan fingerprint density at radius 3 is 2.59 bits per heavy atom. The third-order valence-electron chi connectivity index (χ3n) is 6.39. The lowest BCUT2D eigenvalue weighted by Crippen LogP contribution is -2.52. The van der Waals surface area contributed by atoms with Gasteiger partial charge in [0.1, 0.15) is 11.4 Å². The number of benzene rings is 1. The van der Waals surface area contributed by atoms with Crippen molar-refractivity contribution in [3.05, 3.63) is 54.4 Å². The van der Waals surface area contributed by atoms with Crippen molar-refractivity contribution in [1.82, 2.24) is 9.88 Å². The van der Waals surface area contributed by atoms with E-state index in [1.807, 2.05) is 35.2 Å². The van der Waals surface area contributed by atoms with Crippen LogP contribution in [0, 0.1) is 5.41 Å². The molecule has 2 aliphatic rings. The predicted molar refractivity (Wildman–Crippen MR) is 125 cm³/mol. The molecule has 1 atom stereocenters. The molecule has 32 heavy (non-hydrogen) atoms. The Bertz CT molecular complexity index is 960. The third kappa shape index (κ3) is 5.29. The van der Waals surface area contributed by atoms with Gasteiger partial charge in [-0.05, 0) is 35.6 Å². The average Bonchev–Trinajstić information content (AvgIpc) is 2.73. The van der Waals surface area contributed by atoms with Gasteiger partial charge in [0.05, 0.1) is 11.9 Å². The first-order valence-corrected chi connectivity index (χ1v) is 11.5. The highest BCUT2D eigenvalue weighted by molar-refractivity contribution is 5.91. The highest BCUT2D eigenvalue weighted by atomic mass is 16.5. The molecule has 1 aromatic carbocycles. The second-order valence-corrected chi connectivity index (χ2v) is 10.3. The molecule has 2 aromatic rings. The fraction of sp³-hybridized carbons (Fsp3) is 0.500. The van der Waals surface area contributed by atoms with Crippen molar-refractivity contribution in [2.24, 2.45) is 5.41 Å². The van der Waals surface area contributed by atoms with Crippen molar-refractivity contribution >= 4 is 17.5 Å². The first-order chi connectivity index (χ1) is 15.2. The molecule has 0 radical (unpaired) electrons. The monoisotopic (exact) mass is 435 g/mol. The van der Waals surface area contributed by atoms with E-state index in [-0.39, 0.29) is 28.7 Å². The molecule has 1 N–H and O–H groups in total. The fourth-order valence-electron chi connectivity index (χ4n) is 4.83. The summed E-state index contributed by atoms with van der Waals surface area (Å²) < 4.78 is 6.54. The number of ether oxygens (including phenoxy) is 1. The molecule has 6 nitrogen and oxygen atoms in total. The summed E-state index contributed by atoms with van der Waals surface area (Å²) >= 11 is 0. The van der Waals surface area contributed by atoms with E-state index < -0.39 is 0 Å². The standard InChI is InChI=1S/C26H33N3O3/c1-25(2,3)17-24(31)29-13-10-26(11-14-29)16-19(21-8-4-5-9-22(21)32-26)15-23(30)28-20-7-6-12-27-18-20/h4-9,12,18-19H,10-11,13-17H2,1-3H3,(H,28,30)/t19-/m1/s1. The van der Waals surface area contributed by atoms with Crippen LogP contribution in [0.4, 0.5) is 5.69 Å². The number of aromatic nitrogens is 1. The second-order valence-electron chi connectivity index (χ2n) is 10.3. The summed E-state index contributed by atoms with van der Waals surface area (Å²) in [5, 5.41) is 2.96. The molecule has 1 saturated heterocycles. The van der Waals surface area contributed by atoms with Gasteiger partial charge in [0.15, 0.2) is 0 Å². The number of para-hydroxylation sites is 1. The normalized spacial score (nSPS) is 19.7. The number of amides is 2. The number of fused-ring (bicyclic) bond motifs is 1. The molecule has 0 aliphatic carbocycles. The van der Waals surface area contributed by atoms with Gasteiger partial charge >= 0.3 is 0 Å². The van der Waals surface area contributed by atoms with Crippen LogP contribution in [0.15, 0.2) is 48.8 Å². The molecule has 2 aliphatic heterocycles. The summed E-state index contributed by atoms with van der Waals surface area (Å²) in [4.78, 5) is 31.5. The number of carbonyl (C=O) groups is 2. The van der Waals surface area contributed by atoms with Crippen LogP contribution in [0.5, 0.6) is 5.75 Å². The second kappa shape index (κ2) is 8.93. The number of rotatable bonds is 4. The van der Waals surface area contributed by atoms with Crippen LogP contribution >= 0.6 is 0 Å². The molecule has 4 rings (SSSR count). The topological polar surface area (TPSA) is 71.5 Å². The van der Waals surface area contributed by atoms with Gasteiger partial charge in [0.2, 0.25) is 11.8 Å². The highest BCUT2D eigenvalue weighted by Crippen LogP contribution is 2.46. The highest BCUT2D eigenvalue weighted by Gasteiger charge is 2.44. The smallest absolute Gasteiger partial charge is 0.225 e. The quantitative estimate of drug-likeness (QED) is 0.751. The van der Waals surface area contributed by atoms with E-state index in [0.717, 1.165) is 30.6 Å². The lowest BCUT2D eigenvalue weighted by Gasteiger charge is -2.47. The number of nitrogens with zero attached hydrogens (tertiary/aromatic N) is 2. The van der Waals surface area contributed by atoms with Crippen LogP contribution in [-0.2, 0) is 9.59 Å². The maximum absolute atomic E-state index is 12.8. The van der Waals surface area contributed by atoms with Gasteiger partial charge in [-0.3, -0.25) is 14.6 Å². The van der Waals surface area contributed by atoms with Crippen molar-refractivity contribution in [2.45, 2.75) is 64.4 Å². The summed E-state index contributed by atoms with van der Waals surface area (Å²) in [6.07, 6.45) is 6.65. The SMILES string of the molecule is CC(C)(C)CC(=O)N1CCC2(CC1)C[C@@H](CC(=O)Nc1cccnc1)c1ccccc1O2.